The van der Waals surface area contributed by atoms with Crippen molar-refractivity contribution in [3.8, 4) is 0 Å². The van der Waals surface area contributed by atoms with Gasteiger partial charge < -0.3 is 33.8 Å². The van der Waals surface area contributed by atoms with E-state index in [1.54, 1.807) is 0 Å². The van der Waals surface area contributed by atoms with Crippen molar-refractivity contribution in [2.24, 2.45) is 0 Å². The molecule has 0 fully saturated rings. The fourth-order valence-electron chi connectivity index (χ4n) is 10.9. The van der Waals surface area contributed by atoms with Crippen molar-refractivity contribution < 1.29 is 80.2 Å². The first kappa shape index (κ1) is 98.0. The molecule has 19 heteroatoms. The highest BCUT2D eigenvalue weighted by Crippen LogP contribution is 2.45. The van der Waals surface area contributed by atoms with Crippen LogP contribution in [0.15, 0.2) is 97.2 Å². The van der Waals surface area contributed by atoms with Gasteiger partial charge >= 0.3 is 39.5 Å². The highest BCUT2D eigenvalue weighted by molar-refractivity contribution is 7.47. The lowest BCUT2D eigenvalue weighted by Gasteiger charge is -2.21. The van der Waals surface area contributed by atoms with E-state index in [4.69, 9.17) is 37.0 Å². The molecule has 0 aliphatic heterocycles. The Bertz CT molecular complexity index is 2310. The van der Waals surface area contributed by atoms with Gasteiger partial charge in [0.1, 0.15) is 19.3 Å². The zero-order valence-electron chi connectivity index (χ0n) is 64.5. The van der Waals surface area contributed by atoms with Gasteiger partial charge in [-0.2, -0.15) is 0 Å². The van der Waals surface area contributed by atoms with Crippen molar-refractivity contribution in [3.05, 3.63) is 97.2 Å². The highest BCUT2D eigenvalue weighted by atomic mass is 31.2. The minimum atomic E-state index is -4.99. The number of phosphoric ester groups is 2. The summed E-state index contributed by atoms with van der Waals surface area (Å²) in [6.45, 7) is 4.70. The van der Waals surface area contributed by atoms with Crippen molar-refractivity contribution in [1.82, 2.24) is 0 Å². The lowest BCUT2D eigenvalue weighted by Crippen LogP contribution is -2.30. The first-order valence-electron chi connectivity index (χ1n) is 40.5. The predicted molar refractivity (Wildman–Crippen MR) is 418 cm³/mol. The largest absolute Gasteiger partial charge is 0.472 e. The van der Waals surface area contributed by atoms with Crippen LogP contribution in [0.4, 0.5) is 0 Å². The molecule has 0 aromatic heterocycles. The number of phosphoric acid groups is 2. The van der Waals surface area contributed by atoms with Gasteiger partial charge in [-0.3, -0.25) is 37.3 Å². The van der Waals surface area contributed by atoms with E-state index in [2.05, 4.69) is 125 Å². The standard InChI is InChI=1S/C83H146O17P2/c1-5-9-13-17-21-25-29-33-37-38-42-44-48-52-56-60-64-68-81(86)94-74-79(100-83(88)70-66-62-58-54-50-46-41-36-32-28-24-20-16-12-8-4)76-98-102(91,92)96-72-77(84)71-95-101(89,90)97-75-78(99-82(87)69-65-61-57-53-49-45-40-35-31-27-23-19-15-11-7-3)73-93-80(85)67-63-59-55-51-47-43-39-34-30-26-22-18-14-10-6-2/h9,13,21-22,24-26,28,33-34,36-37,39,41-42,44,77-79,84H,5-8,10-12,14-20,23,27,29-32,35,38,40,43,45-76H2,1-4H3,(H,89,90)(H,91,92)/b13-9-,25-21-,26-22-,28-24-,37-33-,39-34-,41-36-,44-42-. The normalized spacial score (nSPS) is 14.4. The van der Waals surface area contributed by atoms with Crippen LogP contribution in [0.25, 0.3) is 0 Å². The number of carbonyl (C=O) groups is 4. The second-order valence-corrected chi connectivity index (χ2v) is 29.9. The van der Waals surface area contributed by atoms with Gasteiger partial charge in [0, 0.05) is 25.7 Å². The third-order valence-electron chi connectivity index (χ3n) is 17.0. The summed E-state index contributed by atoms with van der Waals surface area (Å²) in [5.41, 5.74) is 0. The first-order chi connectivity index (χ1) is 49.7. The minimum Gasteiger partial charge on any atom is -0.462 e. The number of unbranched alkanes of at least 4 members (excludes halogenated alkanes) is 34. The molecule has 102 heavy (non-hydrogen) atoms. The molecule has 5 unspecified atom stereocenters. The van der Waals surface area contributed by atoms with Crippen LogP contribution in [0.1, 0.15) is 349 Å². The van der Waals surface area contributed by atoms with Crippen molar-refractivity contribution in [3.63, 3.8) is 0 Å². The van der Waals surface area contributed by atoms with Crippen LogP contribution >= 0.6 is 15.6 Å². The number of ether oxygens (including phenoxy) is 4. The highest BCUT2D eigenvalue weighted by Gasteiger charge is 2.30. The summed E-state index contributed by atoms with van der Waals surface area (Å²) in [5, 5.41) is 10.6. The Hall–Kier alpha value is -4.02. The molecule has 0 aromatic carbocycles. The molecule has 17 nitrogen and oxygen atoms in total. The zero-order chi connectivity index (χ0) is 74.6. The van der Waals surface area contributed by atoms with Gasteiger partial charge in [0.2, 0.25) is 0 Å². The average Bonchev–Trinajstić information content (AvgIpc) is 0.923. The molecular weight excluding hydrogens is 1330 g/mol. The average molecular weight is 1480 g/mol. The third-order valence-corrected chi connectivity index (χ3v) is 18.9. The number of hydrogen-bond donors (Lipinski definition) is 3. The summed E-state index contributed by atoms with van der Waals surface area (Å²) in [6.07, 6.45) is 79.4. The van der Waals surface area contributed by atoms with Crippen LogP contribution in [-0.2, 0) is 65.4 Å². The summed E-state index contributed by atoms with van der Waals surface area (Å²) in [4.78, 5) is 73.0. The second-order valence-electron chi connectivity index (χ2n) is 27.0. The molecule has 0 saturated carbocycles. The Morgan fingerprint density at radius 1 is 0.284 bits per heavy atom. The Labute approximate surface area is 620 Å². The summed E-state index contributed by atoms with van der Waals surface area (Å²) < 4.78 is 68.6. The number of aliphatic hydroxyl groups is 1. The number of allylic oxidation sites excluding steroid dienone is 16. The van der Waals surface area contributed by atoms with E-state index in [0.29, 0.717) is 25.7 Å². The molecule has 3 N–H and O–H groups in total. The maximum Gasteiger partial charge on any atom is 0.472 e. The fraction of sp³-hybridized carbons (Fsp3) is 0.759. The maximum absolute atomic E-state index is 13.1. The summed E-state index contributed by atoms with van der Waals surface area (Å²) in [6, 6.07) is 0. The molecule has 590 valence electrons. The molecule has 5 atom stereocenters. The van der Waals surface area contributed by atoms with Crippen LogP contribution in [0.3, 0.4) is 0 Å². The smallest absolute Gasteiger partial charge is 0.462 e. The minimum absolute atomic E-state index is 0.0732. The molecule has 0 saturated heterocycles. The van der Waals surface area contributed by atoms with Crippen LogP contribution < -0.4 is 0 Å². The van der Waals surface area contributed by atoms with Gasteiger partial charge in [-0.15, -0.1) is 0 Å². The number of carbonyl (C=O) groups excluding carboxylic acids is 4. The number of hydrogen-bond acceptors (Lipinski definition) is 15. The SMILES string of the molecule is CC/C=C\C/C=C\C/C=C\C/C=C\CCCCCCC(=O)OCC(COP(=O)(O)OCC(O)COP(=O)(O)OCC(COC(=O)CCCCCCC/C=C\C/C=C\CCCCC)OC(=O)CCCCCCCCCCCCCCCCC)OC(=O)CCCCCCC/C=C\C/C=C\CCCCC. The lowest BCUT2D eigenvalue weighted by atomic mass is 10.0. The molecule has 0 amide bonds. The molecule has 0 heterocycles. The van der Waals surface area contributed by atoms with Crippen molar-refractivity contribution >= 4 is 39.5 Å². The van der Waals surface area contributed by atoms with Crippen LogP contribution in [-0.4, -0.2) is 96.7 Å². The van der Waals surface area contributed by atoms with Crippen LogP contribution in [0.2, 0.25) is 0 Å². The molecule has 0 rings (SSSR count). The Kier molecular flexibility index (Phi) is 72.3. The Morgan fingerprint density at radius 3 is 0.804 bits per heavy atom. The van der Waals surface area contributed by atoms with Crippen molar-refractivity contribution in [1.29, 1.82) is 0 Å². The van der Waals surface area contributed by atoms with E-state index < -0.39 is 97.5 Å². The number of esters is 4. The van der Waals surface area contributed by atoms with E-state index in [0.717, 1.165) is 167 Å². The number of rotatable bonds is 76. The Balaban J connectivity index is 5.39. The molecule has 0 bridgehead atoms. The molecule has 0 radical (unpaired) electrons. The molecule has 0 aromatic rings. The topological polar surface area (TPSA) is 237 Å². The van der Waals surface area contributed by atoms with E-state index in [9.17, 15) is 43.2 Å². The summed E-state index contributed by atoms with van der Waals surface area (Å²) >= 11 is 0. The van der Waals surface area contributed by atoms with E-state index in [-0.39, 0.29) is 25.7 Å². The monoisotopic (exact) mass is 1480 g/mol. The number of aliphatic hydroxyl groups excluding tert-OH is 1. The van der Waals surface area contributed by atoms with E-state index in [1.165, 1.54) is 103 Å². The van der Waals surface area contributed by atoms with Crippen molar-refractivity contribution in [2.75, 3.05) is 39.6 Å². The lowest BCUT2D eigenvalue weighted by molar-refractivity contribution is -0.161. The van der Waals surface area contributed by atoms with Gasteiger partial charge in [0.15, 0.2) is 12.2 Å². The quantitative estimate of drug-likeness (QED) is 0.0169. The van der Waals surface area contributed by atoms with Gasteiger partial charge in [-0.05, 0) is 128 Å². The second kappa shape index (κ2) is 75.2. The van der Waals surface area contributed by atoms with Gasteiger partial charge in [-0.1, -0.05) is 292 Å². The Morgan fingerprint density at radius 2 is 0.510 bits per heavy atom. The molecule has 0 aliphatic rings. The summed E-state index contributed by atoms with van der Waals surface area (Å²) in [7, 11) is -9.96. The molecule has 0 spiro atoms. The predicted octanol–water partition coefficient (Wildman–Crippen LogP) is 23.6. The van der Waals surface area contributed by atoms with Crippen LogP contribution in [0, 0.1) is 0 Å². The summed E-state index contributed by atoms with van der Waals surface area (Å²) in [5.74, 6) is -2.21. The van der Waals surface area contributed by atoms with E-state index in [1.807, 2.05) is 0 Å². The van der Waals surface area contributed by atoms with Crippen molar-refractivity contribution in [2.45, 2.75) is 367 Å². The van der Waals surface area contributed by atoms with E-state index >= 15 is 0 Å². The first-order valence-corrected chi connectivity index (χ1v) is 43.5. The third kappa shape index (κ3) is 74.3. The van der Waals surface area contributed by atoms with Gasteiger partial charge in [0.05, 0.1) is 26.4 Å². The van der Waals surface area contributed by atoms with Gasteiger partial charge in [-0.25, -0.2) is 9.13 Å². The van der Waals surface area contributed by atoms with Crippen LogP contribution in [0.5, 0.6) is 0 Å². The van der Waals surface area contributed by atoms with Gasteiger partial charge in [0.25, 0.3) is 0 Å². The fourth-order valence-corrected chi connectivity index (χ4v) is 12.4. The molecule has 0 aliphatic carbocycles. The molecular formula is C83H146O17P2. The maximum atomic E-state index is 13.1. The zero-order valence-corrected chi connectivity index (χ0v) is 66.3.